The third kappa shape index (κ3) is 5.02. The molecule has 0 saturated heterocycles. The highest BCUT2D eigenvalue weighted by Crippen LogP contribution is 2.28. The van der Waals surface area contributed by atoms with E-state index < -0.39 is 12.0 Å². The minimum atomic E-state index is -0.928. The number of benzene rings is 2. The van der Waals surface area contributed by atoms with Gasteiger partial charge in [-0.15, -0.1) is 0 Å². The lowest BCUT2D eigenvalue weighted by atomic mass is 10.2. The van der Waals surface area contributed by atoms with Crippen LogP contribution in [0.25, 0.3) is 0 Å². The number of carbonyl (C=O) groups is 1. The molecule has 2 aromatic carbocycles. The number of carboxylic acid groups (broad SMARTS) is 1. The van der Waals surface area contributed by atoms with Crippen LogP contribution in [-0.4, -0.2) is 17.1 Å². The Bertz CT molecular complexity index is 717. The van der Waals surface area contributed by atoms with E-state index in [1.54, 1.807) is 43.3 Å². The van der Waals surface area contributed by atoms with E-state index in [2.05, 4.69) is 5.32 Å². The first-order valence-electron chi connectivity index (χ1n) is 7.18. The molecule has 2 aromatic rings. The van der Waals surface area contributed by atoms with Crippen molar-refractivity contribution < 1.29 is 14.6 Å². The molecule has 0 fully saturated rings. The van der Waals surface area contributed by atoms with Gasteiger partial charge in [-0.05, 0) is 37.3 Å². The van der Waals surface area contributed by atoms with Gasteiger partial charge in [-0.25, -0.2) is 0 Å². The third-order valence-corrected chi connectivity index (χ3v) is 4.37. The highest BCUT2D eigenvalue weighted by atomic mass is 35.5. The quantitative estimate of drug-likeness (QED) is 0.716. The SMILES string of the molecule is CC(NCc1cc(Cl)ccc1OCc1c(Cl)cccc1Cl)C(=O)O. The van der Waals surface area contributed by atoms with Crippen LogP contribution in [0.2, 0.25) is 15.1 Å². The minimum absolute atomic E-state index is 0.196. The lowest BCUT2D eigenvalue weighted by Gasteiger charge is -2.15. The van der Waals surface area contributed by atoms with Gasteiger partial charge in [0, 0.05) is 32.7 Å². The molecule has 128 valence electrons. The normalized spacial score (nSPS) is 12.0. The van der Waals surface area contributed by atoms with Crippen LogP contribution >= 0.6 is 34.8 Å². The summed E-state index contributed by atoms with van der Waals surface area (Å²) in [7, 11) is 0. The van der Waals surface area contributed by atoms with Crippen molar-refractivity contribution in [2.45, 2.75) is 26.1 Å². The summed E-state index contributed by atoms with van der Waals surface area (Å²) in [5, 5.41) is 13.4. The molecule has 0 saturated carbocycles. The highest BCUT2D eigenvalue weighted by molar-refractivity contribution is 6.36. The zero-order chi connectivity index (χ0) is 17.7. The fourth-order valence-corrected chi connectivity index (χ4v) is 2.70. The first-order valence-corrected chi connectivity index (χ1v) is 8.32. The maximum absolute atomic E-state index is 10.9. The molecule has 0 aliphatic heterocycles. The van der Waals surface area contributed by atoms with Crippen molar-refractivity contribution in [3.05, 3.63) is 62.6 Å². The van der Waals surface area contributed by atoms with Crippen LogP contribution in [0.3, 0.4) is 0 Å². The van der Waals surface area contributed by atoms with Crippen LogP contribution in [0.15, 0.2) is 36.4 Å². The maximum Gasteiger partial charge on any atom is 0.320 e. The van der Waals surface area contributed by atoms with E-state index >= 15 is 0 Å². The number of hydrogen-bond acceptors (Lipinski definition) is 3. The highest BCUT2D eigenvalue weighted by Gasteiger charge is 2.13. The second-order valence-corrected chi connectivity index (χ2v) is 6.43. The first kappa shape index (κ1) is 18.9. The number of hydrogen-bond donors (Lipinski definition) is 2. The van der Waals surface area contributed by atoms with Crippen LogP contribution in [0, 0.1) is 0 Å². The summed E-state index contributed by atoms with van der Waals surface area (Å²) in [6.07, 6.45) is 0. The van der Waals surface area contributed by atoms with Crippen molar-refractivity contribution in [3.63, 3.8) is 0 Å². The van der Waals surface area contributed by atoms with Crippen LogP contribution in [0.1, 0.15) is 18.1 Å². The zero-order valence-electron chi connectivity index (χ0n) is 12.9. The van der Waals surface area contributed by atoms with Crippen LogP contribution in [0.4, 0.5) is 0 Å². The average Bonchev–Trinajstić information content (AvgIpc) is 2.53. The van der Waals surface area contributed by atoms with Crippen molar-refractivity contribution in [1.82, 2.24) is 5.32 Å². The standard InChI is InChI=1S/C17H16Cl3NO3/c1-10(17(22)23)21-8-11-7-12(18)5-6-16(11)24-9-13-14(19)3-2-4-15(13)20/h2-7,10,21H,8-9H2,1H3,(H,22,23). The monoisotopic (exact) mass is 387 g/mol. The van der Waals surface area contributed by atoms with Gasteiger partial charge in [0.2, 0.25) is 0 Å². The Morgan fingerprint density at radius 2 is 1.88 bits per heavy atom. The van der Waals surface area contributed by atoms with E-state index in [1.165, 1.54) is 0 Å². The molecule has 4 nitrogen and oxygen atoms in total. The topological polar surface area (TPSA) is 58.6 Å². The van der Waals surface area contributed by atoms with E-state index in [-0.39, 0.29) is 6.61 Å². The Hall–Kier alpha value is -1.46. The van der Waals surface area contributed by atoms with E-state index in [9.17, 15) is 4.79 Å². The summed E-state index contributed by atoms with van der Waals surface area (Å²) in [5.74, 6) is -0.345. The molecule has 0 amide bonds. The van der Waals surface area contributed by atoms with Crippen molar-refractivity contribution in [3.8, 4) is 5.75 Å². The van der Waals surface area contributed by atoms with Crippen molar-refractivity contribution in [2.24, 2.45) is 0 Å². The smallest absolute Gasteiger partial charge is 0.320 e. The predicted octanol–water partition coefficient (Wildman–Crippen LogP) is 4.79. The Kier molecular flexibility index (Phi) is 6.75. The van der Waals surface area contributed by atoms with Gasteiger partial charge < -0.3 is 15.2 Å². The molecule has 0 aliphatic rings. The van der Waals surface area contributed by atoms with Crippen LogP contribution in [0.5, 0.6) is 5.75 Å². The summed E-state index contributed by atoms with van der Waals surface area (Å²) in [6, 6.07) is 9.72. The average molecular weight is 389 g/mol. The molecule has 7 heteroatoms. The third-order valence-electron chi connectivity index (χ3n) is 3.43. The molecule has 0 spiro atoms. The maximum atomic E-state index is 10.9. The number of ether oxygens (including phenoxy) is 1. The van der Waals surface area contributed by atoms with Crippen molar-refractivity contribution in [2.75, 3.05) is 0 Å². The van der Waals surface area contributed by atoms with Gasteiger partial charge in [0.05, 0.1) is 0 Å². The molecular weight excluding hydrogens is 373 g/mol. The van der Waals surface area contributed by atoms with Gasteiger partial charge in [-0.1, -0.05) is 40.9 Å². The summed E-state index contributed by atoms with van der Waals surface area (Å²) in [6.45, 7) is 2.07. The molecule has 0 aromatic heterocycles. The molecule has 0 heterocycles. The summed E-state index contributed by atoms with van der Waals surface area (Å²) >= 11 is 18.3. The largest absolute Gasteiger partial charge is 0.488 e. The Morgan fingerprint density at radius 3 is 2.50 bits per heavy atom. The lowest BCUT2D eigenvalue weighted by Crippen LogP contribution is -2.33. The Balaban J connectivity index is 2.13. The lowest BCUT2D eigenvalue weighted by molar-refractivity contribution is -0.139. The van der Waals surface area contributed by atoms with Crippen LogP contribution < -0.4 is 10.1 Å². The van der Waals surface area contributed by atoms with E-state index in [0.717, 1.165) is 5.56 Å². The molecule has 24 heavy (non-hydrogen) atoms. The summed E-state index contributed by atoms with van der Waals surface area (Å²) in [5.41, 5.74) is 1.44. The fourth-order valence-electron chi connectivity index (χ4n) is 2.00. The van der Waals surface area contributed by atoms with E-state index in [0.29, 0.717) is 32.9 Å². The van der Waals surface area contributed by atoms with Gasteiger partial charge in [-0.2, -0.15) is 0 Å². The summed E-state index contributed by atoms with van der Waals surface area (Å²) in [4.78, 5) is 10.9. The predicted molar refractivity (Wildman–Crippen MR) is 96.2 cm³/mol. The second-order valence-electron chi connectivity index (χ2n) is 5.18. The number of aliphatic carboxylic acids is 1. The van der Waals surface area contributed by atoms with Crippen LogP contribution in [-0.2, 0) is 17.9 Å². The number of halogens is 3. The Labute approximate surface area is 155 Å². The van der Waals surface area contributed by atoms with Gasteiger partial charge in [0.15, 0.2) is 0 Å². The molecule has 2 rings (SSSR count). The molecule has 0 aliphatic carbocycles. The minimum Gasteiger partial charge on any atom is -0.488 e. The molecule has 1 unspecified atom stereocenters. The van der Waals surface area contributed by atoms with Gasteiger partial charge in [-0.3, -0.25) is 4.79 Å². The first-order chi connectivity index (χ1) is 11.4. The number of carboxylic acids is 1. The molecule has 0 radical (unpaired) electrons. The fraction of sp³-hybridized carbons (Fsp3) is 0.235. The second kappa shape index (κ2) is 8.58. The Morgan fingerprint density at radius 1 is 1.21 bits per heavy atom. The molecule has 0 bridgehead atoms. The summed E-state index contributed by atoms with van der Waals surface area (Å²) < 4.78 is 5.82. The molecular formula is C17H16Cl3NO3. The van der Waals surface area contributed by atoms with Gasteiger partial charge in [0.25, 0.3) is 0 Å². The molecule has 1 atom stereocenters. The molecule has 2 N–H and O–H groups in total. The number of nitrogens with one attached hydrogen (secondary N) is 1. The van der Waals surface area contributed by atoms with E-state index in [4.69, 9.17) is 44.6 Å². The van der Waals surface area contributed by atoms with Gasteiger partial charge in [0.1, 0.15) is 18.4 Å². The van der Waals surface area contributed by atoms with E-state index in [1.807, 2.05) is 0 Å². The van der Waals surface area contributed by atoms with Crippen molar-refractivity contribution in [1.29, 1.82) is 0 Å². The van der Waals surface area contributed by atoms with Gasteiger partial charge >= 0.3 is 5.97 Å². The van der Waals surface area contributed by atoms with Crippen molar-refractivity contribution >= 4 is 40.8 Å². The number of rotatable bonds is 7. The zero-order valence-corrected chi connectivity index (χ0v) is 15.1.